The zero-order valence-electron chi connectivity index (χ0n) is 8.36. The van der Waals surface area contributed by atoms with Crippen LogP contribution in [0.2, 0.25) is 0 Å². The lowest BCUT2D eigenvalue weighted by Crippen LogP contribution is -2.30. The lowest BCUT2D eigenvalue weighted by atomic mass is 10.0. The SMILES string of the molecule is CN1C(=O)CCc2cc(N=C=S)ccc21. The molecular weight excluding hydrogens is 208 g/mol. The first-order valence-corrected chi connectivity index (χ1v) is 5.10. The lowest BCUT2D eigenvalue weighted by molar-refractivity contribution is -0.118. The maximum absolute atomic E-state index is 11.4. The van der Waals surface area contributed by atoms with Crippen molar-refractivity contribution >= 4 is 34.7 Å². The second kappa shape index (κ2) is 3.93. The fourth-order valence-electron chi connectivity index (χ4n) is 1.77. The number of rotatable bonds is 1. The highest BCUT2D eigenvalue weighted by Gasteiger charge is 2.20. The largest absolute Gasteiger partial charge is 0.315 e. The molecule has 0 aromatic heterocycles. The van der Waals surface area contributed by atoms with Gasteiger partial charge in [0.15, 0.2) is 0 Å². The van der Waals surface area contributed by atoms with Crippen molar-refractivity contribution in [2.75, 3.05) is 11.9 Å². The standard InChI is InChI=1S/C11H10N2OS/c1-13-10-4-3-9(12-7-15)6-8(10)2-5-11(13)14/h3-4,6H,2,5H2,1H3. The van der Waals surface area contributed by atoms with E-state index < -0.39 is 0 Å². The van der Waals surface area contributed by atoms with Crippen LogP contribution < -0.4 is 4.90 Å². The van der Waals surface area contributed by atoms with Crippen LogP contribution in [0, 0.1) is 0 Å². The van der Waals surface area contributed by atoms with Gasteiger partial charge >= 0.3 is 0 Å². The first-order chi connectivity index (χ1) is 7.22. The van der Waals surface area contributed by atoms with Gasteiger partial charge in [0.2, 0.25) is 5.91 Å². The van der Waals surface area contributed by atoms with Gasteiger partial charge in [0.05, 0.1) is 10.8 Å². The highest BCUT2D eigenvalue weighted by molar-refractivity contribution is 7.78. The molecule has 1 aromatic rings. The molecule has 0 spiro atoms. The third-order valence-electron chi connectivity index (χ3n) is 2.58. The monoisotopic (exact) mass is 218 g/mol. The Morgan fingerprint density at radius 1 is 1.47 bits per heavy atom. The number of aryl methyl sites for hydroxylation is 1. The van der Waals surface area contributed by atoms with E-state index in [0.717, 1.165) is 23.4 Å². The molecule has 0 bridgehead atoms. The fraction of sp³-hybridized carbons (Fsp3) is 0.273. The molecular formula is C11H10N2OS. The van der Waals surface area contributed by atoms with Crippen LogP contribution in [0.25, 0.3) is 0 Å². The number of isothiocyanates is 1. The van der Waals surface area contributed by atoms with Crippen molar-refractivity contribution in [1.82, 2.24) is 0 Å². The number of fused-ring (bicyclic) bond motifs is 1. The van der Waals surface area contributed by atoms with Crippen molar-refractivity contribution in [1.29, 1.82) is 0 Å². The van der Waals surface area contributed by atoms with Crippen LogP contribution in [-0.2, 0) is 11.2 Å². The summed E-state index contributed by atoms with van der Waals surface area (Å²) in [5.41, 5.74) is 2.91. The summed E-state index contributed by atoms with van der Waals surface area (Å²) in [5, 5.41) is 2.34. The number of hydrogen-bond donors (Lipinski definition) is 0. The van der Waals surface area contributed by atoms with Gasteiger partial charge < -0.3 is 4.90 Å². The van der Waals surface area contributed by atoms with Crippen LogP contribution in [0.5, 0.6) is 0 Å². The Bertz CT molecular complexity index is 464. The molecule has 0 saturated carbocycles. The molecule has 3 nitrogen and oxygen atoms in total. The molecule has 0 atom stereocenters. The summed E-state index contributed by atoms with van der Waals surface area (Å²) < 4.78 is 0. The number of aliphatic imine (C=N–C) groups is 1. The minimum absolute atomic E-state index is 0.161. The van der Waals surface area contributed by atoms with Gasteiger partial charge in [0.25, 0.3) is 0 Å². The minimum Gasteiger partial charge on any atom is -0.315 e. The third kappa shape index (κ3) is 1.82. The molecule has 2 rings (SSSR count). The second-order valence-corrected chi connectivity index (χ2v) is 3.65. The van der Waals surface area contributed by atoms with E-state index >= 15 is 0 Å². The summed E-state index contributed by atoms with van der Waals surface area (Å²) in [5.74, 6) is 0.161. The van der Waals surface area contributed by atoms with Crippen molar-refractivity contribution in [3.05, 3.63) is 23.8 Å². The summed E-state index contributed by atoms with van der Waals surface area (Å²) in [6, 6.07) is 5.70. The van der Waals surface area contributed by atoms with Crippen LogP contribution in [0.1, 0.15) is 12.0 Å². The summed E-state index contributed by atoms with van der Waals surface area (Å²) in [7, 11) is 1.79. The molecule has 1 aromatic carbocycles. The quantitative estimate of drug-likeness (QED) is 0.535. The Hall–Kier alpha value is -1.51. The molecule has 0 radical (unpaired) electrons. The van der Waals surface area contributed by atoms with Gasteiger partial charge in [-0.15, -0.1) is 0 Å². The molecule has 15 heavy (non-hydrogen) atoms. The number of nitrogens with zero attached hydrogens (tertiary/aromatic N) is 2. The number of hydrogen-bond acceptors (Lipinski definition) is 3. The highest BCUT2D eigenvalue weighted by Crippen LogP contribution is 2.29. The van der Waals surface area contributed by atoms with Gasteiger partial charge in [-0.05, 0) is 42.4 Å². The number of thiocarbonyl (C=S) groups is 1. The normalized spacial score (nSPS) is 14.5. The van der Waals surface area contributed by atoms with Crippen molar-refractivity contribution in [3.63, 3.8) is 0 Å². The van der Waals surface area contributed by atoms with E-state index in [4.69, 9.17) is 0 Å². The fourth-order valence-corrected chi connectivity index (χ4v) is 1.87. The van der Waals surface area contributed by atoms with Crippen molar-refractivity contribution in [3.8, 4) is 0 Å². The summed E-state index contributed by atoms with van der Waals surface area (Å²) in [6.45, 7) is 0. The van der Waals surface area contributed by atoms with Crippen LogP contribution in [0.4, 0.5) is 11.4 Å². The Kier molecular flexibility index (Phi) is 2.62. The Labute approximate surface area is 93.4 Å². The van der Waals surface area contributed by atoms with Gasteiger partial charge in [0.1, 0.15) is 0 Å². The summed E-state index contributed by atoms with van der Waals surface area (Å²) in [6.07, 6.45) is 1.34. The molecule has 0 fully saturated rings. The van der Waals surface area contributed by atoms with Crippen molar-refractivity contribution < 1.29 is 4.79 Å². The first-order valence-electron chi connectivity index (χ1n) is 4.70. The van der Waals surface area contributed by atoms with Gasteiger partial charge in [0, 0.05) is 19.2 Å². The zero-order valence-corrected chi connectivity index (χ0v) is 9.17. The van der Waals surface area contributed by atoms with E-state index in [1.165, 1.54) is 0 Å². The maximum Gasteiger partial charge on any atom is 0.227 e. The van der Waals surface area contributed by atoms with E-state index in [9.17, 15) is 4.79 Å². The average Bonchev–Trinajstić information content (AvgIpc) is 2.24. The van der Waals surface area contributed by atoms with Crippen LogP contribution in [0.15, 0.2) is 23.2 Å². The number of carbonyl (C=O) groups is 1. The van der Waals surface area contributed by atoms with Gasteiger partial charge in [-0.2, -0.15) is 4.99 Å². The second-order valence-electron chi connectivity index (χ2n) is 3.47. The topological polar surface area (TPSA) is 32.7 Å². The number of amides is 1. The Morgan fingerprint density at radius 2 is 2.27 bits per heavy atom. The van der Waals surface area contributed by atoms with Crippen molar-refractivity contribution in [2.24, 2.45) is 4.99 Å². The van der Waals surface area contributed by atoms with Gasteiger partial charge in [-0.3, -0.25) is 4.79 Å². The highest BCUT2D eigenvalue weighted by atomic mass is 32.1. The Morgan fingerprint density at radius 3 is 3.00 bits per heavy atom. The predicted molar refractivity (Wildman–Crippen MR) is 62.9 cm³/mol. The third-order valence-corrected chi connectivity index (χ3v) is 2.67. The van der Waals surface area contributed by atoms with E-state index in [1.807, 2.05) is 18.2 Å². The number of carbonyl (C=O) groups excluding carboxylic acids is 1. The molecule has 0 N–H and O–H groups in total. The smallest absolute Gasteiger partial charge is 0.227 e. The summed E-state index contributed by atoms with van der Waals surface area (Å²) >= 11 is 4.55. The summed E-state index contributed by atoms with van der Waals surface area (Å²) in [4.78, 5) is 17.0. The van der Waals surface area contributed by atoms with E-state index in [2.05, 4.69) is 22.4 Å². The van der Waals surface area contributed by atoms with E-state index in [1.54, 1.807) is 11.9 Å². The molecule has 1 aliphatic heterocycles. The van der Waals surface area contributed by atoms with Crippen LogP contribution >= 0.6 is 12.2 Å². The molecule has 4 heteroatoms. The van der Waals surface area contributed by atoms with Gasteiger partial charge in [-0.25, -0.2) is 0 Å². The molecule has 1 amide bonds. The molecule has 76 valence electrons. The van der Waals surface area contributed by atoms with Crippen LogP contribution in [-0.4, -0.2) is 18.1 Å². The van der Waals surface area contributed by atoms with E-state index in [0.29, 0.717) is 6.42 Å². The molecule has 1 aliphatic rings. The zero-order chi connectivity index (χ0) is 10.8. The Balaban J connectivity index is 2.46. The van der Waals surface area contributed by atoms with Crippen molar-refractivity contribution in [2.45, 2.75) is 12.8 Å². The maximum atomic E-state index is 11.4. The molecule has 1 heterocycles. The number of anilines is 1. The minimum atomic E-state index is 0.161. The predicted octanol–water partition coefficient (Wildman–Crippen LogP) is 2.33. The number of benzene rings is 1. The molecule has 0 saturated heterocycles. The van der Waals surface area contributed by atoms with E-state index in [-0.39, 0.29) is 5.91 Å². The molecule has 0 aliphatic carbocycles. The van der Waals surface area contributed by atoms with Crippen LogP contribution in [0.3, 0.4) is 0 Å². The first kappa shape index (κ1) is 10.0. The molecule has 0 unspecified atom stereocenters. The lowest BCUT2D eigenvalue weighted by Gasteiger charge is -2.25. The average molecular weight is 218 g/mol. The van der Waals surface area contributed by atoms with Gasteiger partial charge in [-0.1, -0.05) is 0 Å².